The van der Waals surface area contributed by atoms with E-state index in [2.05, 4.69) is 0 Å². The number of likely N-dealkylation sites (tertiary alicyclic amines) is 1. The number of rotatable bonds is 3. The van der Waals surface area contributed by atoms with E-state index >= 15 is 0 Å². The molecule has 0 N–H and O–H groups in total. The van der Waals surface area contributed by atoms with Gasteiger partial charge in [0.25, 0.3) is 11.8 Å². The van der Waals surface area contributed by atoms with Crippen molar-refractivity contribution in [1.29, 1.82) is 0 Å². The standard InChI is InChI=1S/C19H22N2O5/c1-19(2,3)18(25)26-11-21-15(22)9-8-14(17(21)24)20-10-12-6-4-5-7-13(12)16(20)23/h4-7,14H,8-11H2,1-3H3. The summed E-state index contributed by atoms with van der Waals surface area (Å²) in [4.78, 5) is 51.9. The van der Waals surface area contributed by atoms with Crippen LogP contribution in [0.15, 0.2) is 24.3 Å². The molecule has 1 aromatic rings. The third-order valence-electron chi connectivity index (χ3n) is 4.65. The minimum Gasteiger partial charge on any atom is -0.443 e. The Morgan fingerprint density at radius 3 is 2.54 bits per heavy atom. The highest BCUT2D eigenvalue weighted by molar-refractivity contribution is 6.05. The van der Waals surface area contributed by atoms with Gasteiger partial charge < -0.3 is 9.64 Å². The first-order valence-corrected chi connectivity index (χ1v) is 8.60. The molecular weight excluding hydrogens is 336 g/mol. The van der Waals surface area contributed by atoms with E-state index in [0.717, 1.165) is 10.5 Å². The molecular formula is C19H22N2O5. The first kappa shape index (κ1) is 18.1. The number of esters is 1. The van der Waals surface area contributed by atoms with E-state index in [-0.39, 0.29) is 18.7 Å². The molecule has 0 aromatic heterocycles. The second-order valence-corrected chi connectivity index (χ2v) is 7.62. The van der Waals surface area contributed by atoms with Crippen molar-refractivity contribution in [2.45, 2.75) is 46.2 Å². The molecule has 2 aliphatic heterocycles. The van der Waals surface area contributed by atoms with E-state index < -0.39 is 36.0 Å². The Labute approximate surface area is 151 Å². The molecule has 0 bridgehead atoms. The van der Waals surface area contributed by atoms with Gasteiger partial charge in [0.2, 0.25) is 5.91 Å². The number of piperidine rings is 1. The molecule has 0 aliphatic carbocycles. The normalized spacial score (nSPS) is 20.4. The molecule has 7 heteroatoms. The molecule has 3 rings (SSSR count). The quantitative estimate of drug-likeness (QED) is 0.607. The van der Waals surface area contributed by atoms with Crippen molar-refractivity contribution in [2.24, 2.45) is 5.41 Å². The van der Waals surface area contributed by atoms with Crippen LogP contribution in [0.1, 0.15) is 49.5 Å². The number of carbonyl (C=O) groups is 4. The average Bonchev–Trinajstić information content (AvgIpc) is 2.91. The maximum Gasteiger partial charge on any atom is 0.312 e. The van der Waals surface area contributed by atoms with E-state index in [1.165, 1.54) is 4.90 Å². The Kier molecular flexibility index (Phi) is 4.56. The van der Waals surface area contributed by atoms with Crippen LogP contribution < -0.4 is 0 Å². The summed E-state index contributed by atoms with van der Waals surface area (Å²) in [6, 6.07) is 6.50. The number of nitrogens with zero attached hydrogens (tertiary/aromatic N) is 2. The second-order valence-electron chi connectivity index (χ2n) is 7.62. The van der Waals surface area contributed by atoms with Crippen LogP contribution in [0.4, 0.5) is 0 Å². The van der Waals surface area contributed by atoms with Crippen LogP contribution in [-0.4, -0.2) is 46.3 Å². The number of imide groups is 1. The molecule has 2 aliphatic rings. The van der Waals surface area contributed by atoms with Crippen LogP contribution in [0.2, 0.25) is 0 Å². The van der Waals surface area contributed by atoms with Crippen LogP contribution in [0, 0.1) is 5.41 Å². The number of ether oxygens (including phenoxy) is 1. The van der Waals surface area contributed by atoms with E-state index in [1.54, 1.807) is 32.9 Å². The molecule has 2 heterocycles. The number of fused-ring (bicyclic) bond motifs is 1. The Balaban J connectivity index is 1.73. The monoisotopic (exact) mass is 358 g/mol. The molecule has 0 spiro atoms. The summed E-state index contributed by atoms with van der Waals surface area (Å²) in [7, 11) is 0. The number of benzene rings is 1. The molecule has 1 aromatic carbocycles. The molecule has 1 unspecified atom stereocenters. The Morgan fingerprint density at radius 1 is 1.19 bits per heavy atom. The van der Waals surface area contributed by atoms with Crippen LogP contribution in [0.25, 0.3) is 0 Å². The van der Waals surface area contributed by atoms with Gasteiger partial charge in [-0.05, 0) is 38.8 Å². The SMILES string of the molecule is CC(C)(C)C(=O)OCN1C(=O)CCC(N2Cc3ccccc3C2=O)C1=O. The Bertz CT molecular complexity index is 780. The van der Waals surface area contributed by atoms with Crippen molar-refractivity contribution in [3.63, 3.8) is 0 Å². The third-order valence-corrected chi connectivity index (χ3v) is 4.65. The molecule has 7 nitrogen and oxygen atoms in total. The van der Waals surface area contributed by atoms with Crippen LogP contribution in [0.5, 0.6) is 0 Å². The lowest BCUT2D eigenvalue weighted by Crippen LogP contribution is -2.55. The predicted octanol–water partition coefficient (Wildman–Crippen LogP) is 1.71. The second kappa shape index (κ2) is 6.55. The summed E-state index contributed by atoms with van der Waals surface area (Å²) in [5.41, 5.74) is 0.726. The van der Waals surface area contributed by atoms with E-state index in [0.29, 0.717) is 12.1 Å². The van der Waals surface area contributed by atoms with Gasteiger partial charge in [-0.15, -0.1) is 0 Å². The zero-order valence-electron chi connectivity index (χ0n) is 15.2. The number of hydrogen-bond acceptors (Lipinski definition) is 5. The number of hydrogen-bond donors (Lipinski definition) is 0. The summed E-state index contributed by atoms with van der Waals surface area (Å²) < 4.78 is 5.13. The van der Waals surface area contributed by atoms with Gasteiger partial charge in [-0.3, -0.25) is 19.2 Å². The highest BCUT2D eigenvalue weighted by Gasteiger charge is 2.43. The lowest BCUT2D eigenvalue weighted by atomic mass is 9.97. The number of carbonyl (C=O) groups excluding carboxylic acids is 4. The summed E-state index contributed by atoms with van der Waals surface area (Å²) >= 11 is 0. The average molecular weight is 358 g/mol. The van der Waals surface area contributed by atoms with Gasteiger partial charge in [0.1, 0.15) is 6.04 Å². The largest absolute Gasteiger partial charge is 0.443 e. The minimum atomic E-state index is -0.728. The summed E-state index contributed by atoms with van der Waals surface area (Å²) in [6.07, 6.45) is 0.407. The summed E-state index contributed by atoms with van der Waals surface area (Å²) in [6.45, 7) is 5.00. The van der Waals surface area contributed by atoms with E-state index in [9.17, 15) is 19.2 Å². The van der Waals surface area contributed by atoms with Gasteiger partial charge in [-0.2, -0.15) is 0 Å². The van der Waals surface area contributed by atoms with Crippen LogP contribution in [0.3, 0.4) is 0 Å². The van der Waals surface area contributed by atoms with Crippen molar-refractivity contribution in [2.75, 3.05) is 6.73 Å². The topological polar surface area (TPSA) is 84.0 Å². The van der Waals surface area contributed by atoms with Gasteiger partial charge >= 0.3 is 5.97 Å². The minimum absolute atomic E-state index is 0.129. The highest BCUT2D eigenvalue weighted by atomic mass is 16.5. The first-order valence-electron chi connectivity index (χ1n) is 8.60. The smallest absolute Gasteiger partial charge is 0.312 e. The predicted molar refractivity (Wildman–Crippen MR) is 91.6 cm³/mol. The first-order chi connectivity index (χ1) is 12.2. The highest BCUT2D eigenvalue weighted by Crippen LogP contribution is 2.29. The Morgan fingerprint density at radius 2 is 1.88 bits per heavy atom. The summed E-state index contributed by atoms with van der Waals surface area (Å²) in [5, 5.41) is 0. The fraction of sp³-hybridized carbons (Fsp3) is 0.474. The zero-order valence-corrected chi connectivity index (χ0v) is 15.2. The molecule has 1 fully saturated rings. The fourth-order valence-corrected chi connectivity index (χ4v) is 3.11. The van der Waals surface area contributed by atoms with Gasteiger partial charge in [-0.25, -0.2) is 4.90 Å². The molecule has 0 saturated carbocycles. The van der Waals surface area contributed by atoms with E-state index in [1.807, 2.05) is 12.1 Å². The van der Waals surface area contributed by atoms with Gasteiger partial charge in [0, 0.05) is 18.5 Å². The lowest BCUT2D eigenvalue weighted by Gasteiger charge is -2.35. The van der Waals surface area contributed by atoms with Gasteiger partial charge in [0.05, 0.1) is 5.41 Å². The zero-order chi connectivity index (χ0) is 19.1. The van der Waals surface area contributed by atoms with Crippen LogP contribution >= 0.6 is 0 Å². The summed E-state index contributed by atoms with van der Waals surface area (Å²) in [5.74, 6) is -1.59. The van der Waals surface area contributed by atoms with Crippen LogP contribution in [-0.2, 0) is 25.7 Å². The molecule has 3 amide bonds. The number of amides is 3. The molecule has 138 valence electrons. The van der Waals surface area contributed by atoms with Crippen molar-refractivity contribution < 1.29 is 23.9 Å². The molecule has 1 saturated heterocycles. The fourth-order valence-electron chi connectivity index (χ4n) is 3.11. The van der Waals surface area contributed by atoms with Crippen molar-refractivity contribution in [3.05, 3.63) is 35.4 Å². The van der Waals surface area contributed by atoms with Crippen molar-refractivity contribution in [3.8, 4) is 0 Å². The van der Waals surface area contributed by atoms with Gasteiger partial charge in [-0.1, -0.05) is 18.2 Å². The Hall–Kier alpha value is -2.70. The molecule has 0 radical (unpaired) electrons. The maximum atomic E-state index is 12.8. The van der Waals surface area contributed by atoms with Crippen molar-refractivity contribution in [1.82, 2.24) is 9.80 Å². The third kappa shape index (κ3) is 3.21. The van der Waals surface area contributed by atoms with Gasteiger partial charge in [0.15, 0.2) is 6.73 Å². The molecule has 1 atom stereocenters. The van der Waals surface area contributed by atoms with E-state index in [4.69, 9.17) is 4.74 Å². The van der Waals surface area contributed by atoms with Crippen molar-refractivity contribution >= 4 is 23.7 Å². The maximum absolute atomic E-state index is 12.8. The lowest BCUT2D eigenvalue weighted by molar-refractivity contribution is -0.168. The molecule has 26 heavy (non-hydrogen) atoms.